The molecule has 3 rings (SSSR count). The molecular weight excluding hydrogens is 284 g/mol. The smallest absolute Gasteiger partial charge is 0.324 e. The SMILES string of the molecule is O=C(NC1CC1)c1ccccc1NCC(=O)N1CCNC1=O. The third-order valence-corrected chi connectivity index (χ3v) is 3.67. The maximum atomic E-state index is 12.2. The van der Waals surface area contributed by atoms with Gasteiger partial charge in [-0.05, 0) is 25.0 Å². The molecule has 7 nitrogen and oxygen atoms in total. The number of nitrogens with one attached hydrogen (secondary N) is 3. The van der Waals surface area contributed by atoms with Crippen molar-refractivity contribution >= 4 is 23.5 Å². The first-order valence-electron chi connectivity index (χ1n) is 7.37. The molecule has 7 heteroatoms. The Morgan fingerprint density at radius 1 is 1.27 bits per heavy atom. The Hall–Kier alpha value is -2.57. The van der Waals surface area contributed by atoms with E-state index >= 15 is 0 Å². The quantitative estimate of drug-likeness (QED) is 0.740. The highest BCUT2D eigenvalue weighted by Crippen LogP contribution is 2.21. The summed E-state index contributed by atoms with van der Waals surface area (Å²) in [5, 5.41) is 8.46. The lowest BCUT2D eigenvalue weighted by molar-refractivity contribution is -0.125. The largest absolute Gasteiger partial charge is 0.375 e. The third kappa shape index (κ3) is 3.19. The van der Waals surface area contributed by atoms with Gasteiger partial charge in [-0.1, -0.05) is 12.1 Å². The van der Waals surface area contributed by atoms with Crippen LogP contribution in [0.2, 0.25) is 0 Å². The molecule has 1 saturated carbocycles. The van der Waals surface area contributed by atoms with Crippen molar-refractivity contribution in [3.63, 3.8) is 0 Å². The fourth-order valence-corrected chi connectivity index (χ4v) is 2.30. The molecule has 2 fully saturated rings. The summed E-state index contributed by atoms with van der Waals surface area (Å²) in [6.07, 6.45) is 2.04. The van der Waals surface area contributed by atoms with Crippen LogP contribution in [0.15, 0.2) is 24.3 Å². The predicted octanol–water partition coefficient (Wildman–Crippen LogP) is 0.543. The monoisotopic (exact) mass is 302 g/mol. The van der Waals surface area contributed by atoms with E-state index < -0.39 is 0 Å². The fraction of sp³-hybridized carbons (Fsp3) is 0.400. The van der Waals surface area contributed by atoms with Crippen LogP contribution in [0.1, 0.15) is 23.2 Å². The Bertz CT molecular complexity index is 613. The van der Waals surface area contributed by atoms with Gasteiger partial charge < -0.3 is 16.0 Å². The first-order valence-corrected chi connectivity index (χ1v) is 7.37. The van der Waals surface area contributed by atoms with E-state index in [1.165, 1.54) is 4.90 Å². The molecule has 1 heterocycles. The standard InChI is InChI=1S/C15H18N4O3/c20-13(19-8-7-16-15(19)22)9-17-12-4-2-1-3-11(12)14(21)18-10-5-6-10/h1-4,10,17H,5-9H2,(H,16,22)(H,18,21). The van der Waals surface area contributed by atoms with Crippen LogP contribution in [0.5, 0.6) is 0 Å². The summed E-state index contributed by atoms with van der Waals surface area (Å²) in [5.41, 5.74) is 1.10. The average Bonchev–Trinajstić information content (AvgIpc) is 3.23. The summed E-state index contributed by atoms with van der Waals surface area (Å²) in [7, 11) is 0. The van der Waals surface area contributed by atoms with Gasteiger partial charge in [-0.25, -0.2) is 4.79 Å². The summed E-state index contributed by atoms with van der Waals surface area (Å²) >= 11 is 0. The van der Waals surface area contributed by atoms with E-state index in [0.717, 1.165) is 12.8 Å². The topological polar surface area (TPSA) is 90.5 Å². The molecule has 1 aliphatic heterocycles. The number of rotatable bonds is 5. The molecule has 1 aromatic carbocycles. The number of carbonyl (C=O) groups is 3. The maximum absolute atomic E-state index is 12.2. The van der Waals surface area contributed by atoms with Gasteiger partial charge in [0, 0.05) is 24.8 Å². The van der Waals surface area contributed by atoms with Crippen molar-refractivity contribution in [1.29, 1.82) is 0 Å². The molecule has 0 radical (unpaired) electrons. The fourth-order valence-electron chi connectivity index (χ4n) is 2.30. The molecule has 1 aromatic rings. The van der Waals surface area contributed by atoms with E-state index in [9.17, 15) is 14.4 Å². The molecule has 3 N–H and O–H groups in total. The van der Waals surface area contributed by atoms with Crippen LogP contribution < -0.4 is 16.0 Å². The van der Waals surface area contributed by atoms with Crippen LogP contribution in [0, 0.1) is 0 Å². The van der Waals surface area contributed by atoms with Crippen molar-refractivity contribution < 1.29 is 14.4 Å². The lowest BCUT2D eigenvalue weighted by atomic mass is 10.1. The molecule has 4 amide bonds. The average molecular weight is 302 g/mol. The zero-order valence-corrected chi connectivity index (χ0v) is 12.1. The Kier molecular flexibility index (Phi) is 3.95. The van der Waals surface area contributed by atoms with Gasteiger partial charge in [-0.2, -0.15) is 0 Å². The number of hydrogen-bond donors (Lipinski definition) is 3. The molecular formula is C15H18N4O3. The predicted molar refractivity (Wildman–Crippen MR) is 80.5 cm³/mol. The van der Waals surface area contributed by atoms with Gasteiger partial charge in [0.15, 0.2) is 0 Å². The van der Waals surface area contributed by atoms with Gasteiger partial charge in [-0.3, -0.25) is 14.5 Å². The lowest BCUT2D eigenvalue weighted by Gasteiger charge is -2.15. The summed E-state index contributed by atoms with van der Waals surface area (Å²) < 4.78 is 0. The highest BCUT2D eigenvalue weighted by atomic mass is 16.2. The highest BCUT2D eigenvalue weighted by Gasteiger charge is 2.27. The second-order valence-electron chi connectivity index (χ2n) is 5.42. The van der Waals surface area contributed by atoms with E-state index in [0.29, 0.717) is 24.3 Å². The van der Waals surface area contributed by atoms with Gasteiger partial charge in [-0.15, -0.1) is 0 Å². The summed E-state index contributed by atoms with van der Waals surface area (Å²) in [6.45, 7) is 0.829. The lowest BCUT2D eigenvalue weighted by Crippen LogP contribution is -2.38. The molecule has 0 spiro atoms. The Labute approximate surface area is 128 Å². The molecule has 1 aliphatic carbocycles. The minimum atomic E-state index is -0.369. The zero-order valence-electron chi connectivity index (χ0n) is 12.1. The normalized spacial score (nSPS) is 17.1. The van der Waals surface area contributed by atoms with Crippen LogP contribution in [-0.2, 0) is 4.79 Å². The number of benzene rings is 1. The second-order valence-corrected chi connectivity index (χ2v) is 5.42. The van der Waals surface area contributed by atoms with E-state index in [1.54, 1.807) is 24.3 Å². The van der Waals surface area contributed by atoms with Crippen LogP contribution in [-0.4, -0.2) is 48.4 Å². The summed E-state index contributed by atoms with van der Waals surface area (Å²) in [6, 6.07) is 6.94. The van der Waals surface area contributed by atoms with Gasteiger partial charge >= 0.3 is 6.03 Å². The van der Waals surface area contributed by atoms with Crippen molar-refractivity contribution in [2.45, 2.75) is 18.9 Å². The molecule has 1 saturated heterocycles. The van der Waals surface area contributed by atoms with Crippen LogP contribution in [0.25, 0.3) is 0 Å². The zero-order chi connectivity index (χ0) is 15.5. The number of hydrogen-bond acceptors (Lipinski definition) is 4. The van der Waals surface area contributed by atoms with Crippen molar-refractivity contribution in [2.75, 3.05) is 25.0 Å². The van der Waals surface area contributed by atoms with Crippen LogP contribution in [0.4, 0.5) is 10.5 Å². The van der Waals surface area contributed by atoms with Crippen molar-refractivity contribution in [3.05, 3.63) is 29.8 Å². The number of urea groups is 1. The third-order valence-electron chi connectivity index (χ3n) is 3.67. The summed E-state index contributed by atoms with van der Waals surface area (Å²) in [4.78, 5) is 36.8. The van der Waals surface area contributed by atoms with Crippen molar-refractivity contribution in [1.82, 2.24) is 15.5 Å². The first-order chi connectivity index (χ1) is 10.6. The maximum Gasteiger partial charge on any atom is 0.324 e. The number of para-hydroxylation sites is 1. The minimum Gasteiger partial charge on any atom is -0.375 e. The molecule has 0 bridgehead atoms. The van der Waals surface area contributed by atoms with Gasteiger partial charge in [0.25, 0.3) is 5.91 Å². The number of anilines is 1. The van der Waals surface area contributed by atoms with Gasteiger partial charge in [0.05, 0.1) is 12.1 Å². The Morgan fingerprint density at radius 3 is 2.73 bits per heavy atom. The van der Waals surface area contributed by atoms with Crippen molar-refractivity contribution in [2.24, 2.45) is 0 Å². The summed E-state index contributed by atoms with van der Waals surface area (Å²) in [5.74, 6) is -0.454. The molecule has 0 aromatic heterocycles. The molecule has 116 valence electrons. The van der Waals surface area contributed by atoms with E-state index in [2.05, 4.69) is 16.0 Å². The Balaban J connectivity index is 1.63. The molecule has 0 atom stereocenters. The van der Waals surface area contributed by atoms with Crippen molar-refractivity contribution in [3.8, 4) is 0 Å². The van der Waals surface area contributed by atoms with Crippen LogP contribution >= 0.6 is 0 Å². The molecule has 2 aliphatic rings. The minimum absolute atomic E-state index is 0.0266. The Morgan fingerprint density at radius 2 is 2.05 bits per heavy atom. The van der Waals surface area contributed by atoms with Crippen LogP contribution in [0.3, 0.4) is 0 Å². The molecule has 0 unspecified atom stereocenters. The van der Waals surface area contributed by atoms with Gasteiger partial charge in [0.1, 0.15) is 0 Å². The molecule has 22 heavy (non-hydrogen) atoms. The number of carbonyl (C=O) groups excluding carboxylic acids is 3. The van der Waals surface area contributed by atoms with Gasteiger partial charge in [0.2, 0.25) is 5.91 Å². The highest BCUT2D eigenvalue weighted by molar-refractivity contribution is 6.01. The van der Waals surface area contributed by atoms with E-state index in [-0.39, 0.29) is 30.4 Å². The number of nitrogens with zero attached hydrogens (tertiary/aromatic N) is 1. The van der Waals surface area contributed by atoms with E-state index in [4.69, 9.17) is 0 Å². The second kappa shape index (κ2) is 6.05. The number of amides is 4. The number of imide groups is 1. The van der Waals surface area contributed by atoms with E-state index in [1.807, 2.05) is 0 Å². The first kappa shape index (κ1) is 14.4.